The number of nitrogens with one attached hydrogen (secondary N) is 1. The van der Waals surface area contributed by atoms with Crippen molar-refractivity contribution in [2.24, 2.45) is 0 Å². The van der Waals surface area contributed by atoms with Gasteiger partial charge in [-0.1, -0.05) is 315 Å². The Morgan fingerprint density at radius 3 is 1.12 bits per heavy atom. The van der Waals surface area contributed by atoms with Gasteiger partial charge in [-0.3, -0.25) is 4.79 Å². The molecule has 0 aromatic heterocycles. The highest BCUT2D eigenvalue weighted by atomic mass is 16.7. The van der Waals surface area contributed by atoms with Crippen LogP contribution in [0, 0.1) is 0 Å². The third-order valence-electron chi connectivity index (χ3n) is 17.9. The third-order valence-corrected chi connectivity index (χ3v) is 17.9. The average Bonchev–Trinajstić information content (AvgIpc) is 0.801. The highest BCUT2D eigenvalue weighted by molar-refractivity contribution is 5.76. The van der Waals surface area contributed by atoms with E-state index in [9.17, 15) is 45.6 Å². The molecular formula is C81H139NO13. The fourth-order valence-corrected chi connectivity index (χ4v) is 11.9. The van der Waals surface area contributed by atoms with Crippen LogP contribution in [0.1, 0.15) is 290 Å². The second-order valence-electron chi connectivity index (χ2n) is 26.4. The number of aliphatic hydroxyl groups excluding tert-OH is 8. The highest BCUT2D eigenvalue weighted by Crippen LogP contribution is 2.30. The van der Waals surface area contributed by atoms with E-state index in [0.717, 1.165) is 122 Å². The minimum atomic E-state index is -1.79. The van der Waals surface area contributed by atoms with Crippen molar-refractivity contribution in [1.82, 2.24) is 5.32 Å². The average molecular weight is 1330 g/mol. The molecule has 2 rings (SSSR count). The van der Waals surface area contributed by atoms with Gasteiger partial charge in [0.2, 0.25) is 5.91 Å². The molecule has 0 spiro atoms. The lowest BCUT2D eigenvalue weighted by Gasteiger charge is -2.46. The molecule has 0 aromatic rings. The monoisotopic (exact) mass is 1330 g/mol. The number of amides is 1. The Hall–Kier alpha value is -3.61. The predicted octanol–water partition coefficient (Wildman–Crippen LogP) is 16.8. The Morgan fingerprint density at radius 2 is 0.726 bits per heavy atom. The molecule has 12 unspecified atom stereocenters. The van der Waals surface area contributed by atoms with Crippen molar-refractivity contribution in [3.8, 4) is 0 Å². The maximum absolute atomic E-state index is 13.4. The minimum absolute atomic E-state index is 0.217. The second kappa shape index (κ2) is 63.8. The van der Waals surface area contributed by atoms with Gasteiger partial charge in [0.1, 0.15) is 48.8 Å². The molecule has 2 aliphatic heterocycles. The summed E-state index contributed by atoms with van der Waals surface area (Å²) in [6.07, 6.45) is 76.4. The van der Waals surface area contributed by atoms with Gasteiger partial charge >= 0.3 is 0 Å². The van der Waals surface area contributed by atoms with Gasteiger partial charge in [-0.25, -0.2) is 0 Å². The second-order valence-corrected chi connectivity index (χ2v) is 26.4. The van der Waals surface area contributed by atoms with Crippen molar-refractivity contribution < 1.29 is 64.6 Å². The number of rotatable bonds is 62. The Balaban J connectivity index is 1.63. The van der Waals surface area contributed by atoms with Gasteiger partial charge in [0, 0.05) is 6.42 Å². The van der Waals surface area contributed by atoms with E-state index in [1.165, 1.54) is 135 Å². The van der Waals surface area contributed by atoms with Crippen molar-refractivity contribution in [2.45, 2.75) is 364 Å². The number of carbonyl (C=O) groups is 1. The van der Waals surface area contributed by atoms with Gasteiger partial charge in [-0.2, -0.15) is 0 Å². The number of allylic oxidation sites excluding steroid dienone is 20. The first kappa shape index (κ1) is 87.5. The summed E-state index contributed by atoms with van der Waals surface area (Å²) in [6, 6.07) is -0.843. The number of hydrogen-bond donors (Lipinski definition) is 9. The summed E-state index contributed by atoms with van der Waals surface area (Å²) in [5.41, 5.74) is 0. The van der Waals surface area contributed by atoms with Crippen LogP contribution in [0.15, 0.2) is 122 Å². The quantitative estimate of drug-likeness (QED) is 0.0204. The van der Waals surface area contributed by atoms with E-state index in [-0.39, 0.29) is 18.9 Å². The highest BCUT2D eigenvalue weighted by Gasteiger charge is 2.51. The first-order valence-electron chi connectivity index (χ1n) is 38.3. The summed E-state index contributed by atoms with van der Waals surface area (Å²) in [6.45, 7) is 2.77. The van der Waals surface area contributed by atoms with E-state index in [0.29, 0.717) is 12.8 Å². The topological polar surface area (TPSA) is 228 Å². The van der Waals surface area contributed by atoms with Crippen molar-refractivity contribution >= 4 is 5.91 Å². The normalized spacial score (nSPS) is 23.1. The molecule has 2 aliphatic rings. The van der Waals surface area contributed by atoms with Crippen LogP contribution in [-0.2, 0) is 23.7 Å². The van der Waals surface area contributed by atoms with E-state index in [1.54, 1.807) is 0 Å². The van der Waals surface area contributed by atoms with Crippen LogP contribution >= 0.6 is 0 Å². The summed E-state index contributed by atoms with van der Waals surface area (Å²) < 4.78 is 22.9. The lowest BCUT2D eigenvalue weighted by atomic mass is 9.97. The Bertz CT molecular complexity index is 2060. The summed E-state index contributed by atoms with van der Waals surface area (Å²) >= 11 is 0. The van der Waals surface area contributed by atoms with Crippen LogP contribution in [-0.4, -0.2) is 140 Å². The first-order valence-corrected chi connectivity index (χ1v) is 38.3. The number of carbonyl (C=O) groups excluding carboxylic acids is 1. The summed E-state index contributed by atoms with van der Waals surface area (Å²) in [4.78, 5) is 13.4. The lowest BCUT2D eigenvalue weighted by Crippen LogP contribution is -2.65. The van der Waals surface area contributed by atoms with Gasteiger partial charge in [-0.15, -0.1) is 0 Å². The molecule has 0 saturated carbocycles. The van der Waals surface area contributed by atoms with Crippen LogP contribution in [0.25, 0.3) is 0 Å². The molecule has 14 heteroatoms. The van der Waals surface area contributed by atoms with Crippen LogP contribution in [0.4, 0.5) is 0 Å². The van der Waals surface area contributed by atoms with Crippen LogP contribution < -0.4 is 5.32 Å². The number of ether oxygens (including phenoxy) is 4. The molecule has 95 heavy (non-hydrogen) atoms. The number of hydrogen-bond acceptors (Lipinski definition) is 13. The van der Waals surface area contributed by atoms with Gasteiger partial charge in [0.25, 0.3) is 0 Å². The molecule has 0 bridgehead atoms. The van der Waals surface area contributed by atoms with Gasteiger partial charge < -0.3 is 65.1 Å². The lowest BCUT2D eigenvalue weighted by molar-refractivity contribution is -0.359. The molecule has 2 heterocycles. The molecular weight excluding hydrogens is 1190 g/mol. The number of aliphatic hydroxyl groups is 8. The third kappa shape index (κ3) is 47.1. The molecule has 1 amide bonds. The SMILES string of the molecule is CC/C=C\C/C=C\C/C=C\C/C=C\C/C=C\C/C=C\C/C=C\C/C=C\C/C=C\C/C=C\CCCCCCCCCCC(=O)NC(COC1OC(CO)C(OC2OC(CO)C(O)C(O)C2O)C(O)C1O)C(O)CCCCCCCCCCCCCCCCCCCCCCCC. The zero-order chi connectivity index (χ0) is 68.7. The zero-order valence-electron chi connectivity index (χ0n) is 59.6. The summed E-state index contributed by atoms with van der Waals surface area (Å²) in [5, 5.41) is 87.7. The van der Waals surface area contributed by atoms with Crippen LogP contribution in [0.3, 0.4) is 0 Å². The molecule has 2 fully saturated rings. The fourth-order valence-electron chi connectivity index (χ4n) is 11.9. The molecule has 14 nitrogen and oxygen atoms in total. The van der Waals surface area contributed by atoms with Crippen LogP contribution in [0.5, 0.6) is 0 Å². The van der Waals surface area contributed by atoms with Crippen molar-refractivity contribution in [3.63, 3.8) is 0 Å². The molecule has 9 N–H and O–H groups in total. The van der Waals surface area contributed by atoms with Crippen molar-refractivity contribution in [2.75, 3.05) is 19.8 Å². The predicted molar refractivity (Wildman–Crippen MR) is 392 cm³/mol. The maximum atomic E-state index is 13.4. The smallest absolute Gasteiger partial charge is 0.220 e. The molecule has 12 atom stereocenters. The molecule has 0 aliphatic carbocycles. The van der Waals surface area contributed by atoms with E-state index in [4.69, 9.17) is 18.9 Å². The van der Waals surface area contributed by atoms with Gasteiger partial charge in [-0.05, 0) is 89.9 Å². The molecule has 2 saturated heterocycles. The number of unbranched alkanes of at least 4 members (excludes halogenated alkanes) is 29. The first-order chi connectivity index (χ1) is 46.6. The van der Waals surface area contributed by atoms with Gasteiger partial charge in [0.05, 0.1) is 32.0 Å². The van der Waals surface area contributed by atoms with E-state index >= 15 is 0 Å². The molecule has 0 radical (unpaired) electrons. The minimum Gasteiger partial charge on any atom is -0.394 e. The summed E-state index contributed by atoms with van der Waals surface area (Å²) in [5.74, 6) is -0.217. The molecule has 0 aromatic carbocycles. The fraction of sp³-hybridized carbons (Fsp3) is 0.741. The van der Waals surface area contributed by atoms with Crippen molar-refractivity contribution in [3.05, 3.63) is 122 Å². The van der Waals surface area contributed by atoms with Crippen molar-refractivity contribution in [1.29, 1.82) is 0 Å². The summed E-state index contributed by atoms with van der Waals surface area (Å²) in [7, 11) is 0. The Labute approximate surface area is 578 Å². The Kier molecular flexibility index (Phi) is 58.8. The molecule has 546 valence electrons. The Morgan fingerprint density at radius 1 is 0.389 bits per heavy atom. The zero-order valence-corrected chi connectivity index (χ0v) is 59.6. The maximum Gasteiger partial charge on any atom is 0.220 e. The standard InChI is InChI=1S/C81H139NO13/c1-3-5-7-9-11-13-15-17-19-21-23-25-27-28-29-30-31-32-33-34-35-36-37-38-39-40-41-42-43-45-47-49-51-53-55-57-59-61-63-65-73(86)82-69(68-92-80-78(91)76(89)79(72(67-84)94-80)95-81-77(90)75(88)74(87)71(66-83)93-81)70(85)64-62-60-58-56-54-52-50-48-46-44-26-24-22-20-18-16-14-12-10-8-6-4-2/h5,7,11,13,17,19,23,25,28-29,31-32,34-35,37-38,40-41,43,45,69-72,74-81,83-85,87-91H,3-4,6,8-10,12,14-16,18,20-22,24,26-27,30,33,36,39,42,44,46-68H2,1-2H3,(H,82,86)/b7-5-,13-11-,19-17-,25-23-,29-28-,32-31-,35-34-,38-37-,41-40-,45-43-. The van der Waals surface area contributed by atoms with E-state index < -0.39 is 86.8 Å². The van der Waals surface area contributed by atoms with E-state index in [2.05, 4.69) is 141 Å². The van der Waals surface area contributed by atoms with Crippen LogP contribution in [0.2, 0.25) is 0 Å². The van der Waals surface area contributed by atoms with Gasteiger partial charge in [0.15, 0.2) is 12.6 Å². The van der Waals surface area contributed by atoms with E-state index in [1.807, 2.05) is 0 Å². The largest absolute Gasteiger partial charge is 0.394 e.